The van der Waals surface area contributed by atoms with Crippen molar-refractivity contribution in [3.63, 3.8) is 0 Å². The summed E-state index contributed by atoms with van der Waals surface area (Å²) >= 11 is 0. The fourth-order valence-corrected chi connectivity index (χ4v) is 11.1. The standard InChI is InChI=1S/C37H52O4/c1-5-28-32-22-27(38)14-17-37(32,4)31-15-18-36(3)29(12-13-30(36)34(31)35(28)40)23(2)16-19-41-33(39)21-24-10-11-25-8-6-7-9-26(25)20-24/h6-11,20,23,27-32,34-35,38,40H,5,12-19,21-22H2,1-4H3/t23-,27-,28-,29-,30+,31+,32+,34+,35-,36-,37-/m1/s1. The van der Waals surface area contributed by atoms with Crippen molar-refractivity contribution in [3.05, 3.63) is 48.0 Å². The molecule has 0 amide bonds. The molecule has 41 heavy (non-hydrogen) atoms. The van der Waals surface area contributed by atoms with Gasteiger partial charge in [0.25, 0.3) is 0 Å². The van der Waals surface area contributed by atoms with Gasteiger partial charge in [0.2, 0.25) is 0 Å². The number of fused-ring (bicyclic) bond motifs is 6. The Bertz CT molecular complexity index is 1240. The lowest BCUT2D eigenvalue weighted by molar-refractivity contribution is -0.203. The summed E-state index contributed by atoms with van der Waals surface area (Å²) in [4.78, 5) is 12.7. The van der Waals surface area contributed by atoms with Gasteiger partial charge in [0.1, 0.15) is 0 Å². The Labute approximate surface area is 247 Å². The second kappa shape index (κ2) is 11.3. The Morgan fingerprint density at radius 1 is 0.951 bits per heavy atom. The molecular formula is C37H52O4. The van der Waals surface area contributed by atoms with Crippen LogP contribution in [0.3, 0.4) is 0 Å². The summed E-state index contributed by atoms with van der Waals surface area (Å²) in [6, 6.07) is 14.4. The van der Waals surface area contributed by atoms with Crippen molar-refractivity contribution in [3.8, 4) is 0 Å². The molecule has 0 saturated heterocycles. The zero-order valence-electron chi connectivity index (χ0n) is 25.7. The molecule has 0 bridgehead atoms. The van der Waals surface area contributed by atoms with Gasteiger partial charge in [0.15, 0.2) is 0 Å². The minimum Gasteiger partial charge on any atom is -0.465 e. The van der Waals surface area contributed by atoms with Gasteiger partial charge in [-0.25, -0.2) is 0 Å². The van der Waals surface area contributed by atoms with E-state index in [9.17, 15) is 15.0 Å². The molecule has 2 aromatic carbocycles. The number of aliphatic hydroxyl groups excluding tert-OH is 2. The van der Waals surface area contributed by atoms with Gasteiger partial charge in [-0.05, 0) is 120 Å². The van der Waals surface area contributed by atoms with E-state index >= 15 is 0 Å². The molecule has 0 spiro atoms. The molecule has 2 N–H and O–H groups in total. The summed E-state index contributed by atoms with van der Waals surface area (Å²) in [6.07, 6.45) is 9.57. The highest BCUT2D eigenvalue weighted by atomic mass is 16.5. The predicted octanol–water partition coefficient (Wildman–Crippen LogP) is 7.58. The maximum absolute atomic E-state index is 12.7. The zero-order valence-corrected chi connectivity index (χ0v) is 25.7. The Morgan fingerprint density at radius 3 is 2.46 bits per heavy atom. The van der Waals surface area contributed by atoms with Crippen LogP contribution in [0.4, 0.5) is 0 Å². The molecule has 4 saturated carbocycles. The monoisotopic (exact) mass is 560 g/mol. The van der Waals surface area contributed by atoms with E-state index in [2.05, 4.69) is 52.0 Å². The average molecular weight is 561 g/mol. The van der Waals surface area contributed by atoms with Gasteiger partial charge in [-0.15, -0.1) is 0 Å². The summed E-state index contributed by atoms with van der Waals surface area (Å²) in [5.41, 5.74) is 1.49. The first-order valence-electron chi connectivity index (χ1n) is 16.6. The molecule has 224 valence electrons. The van der Waals surface area contributed by atoms with Gasteiger partial charge < -0.3 is 14.9 Å². The van der Waals surface area contributed by atoms with Gasteiger partial charge in [-0.3, -0.25) is 4.79 Å². The van der Waals surface area contributed by atoms with Crippen LogP contribution in [0.5, 0.6) is 0 Å². The molecule has 4 aliphatic carbocycles. The second-order valence-electron chi connectivity index (χ2n) is 15.0. The van der Waals surface area contributed by atoms with Gasteiger partial charge in [0, 0.05) is 0 Å². The lowest BCUT2D eigenvalue weighted by Gasteiger charge is -2.64. The van der Waals surface area contributed by atoms with Crippen LogP contribution in [0.1, 0.15) is 91.0 Å². The molecule has 0 aliphatic heterocycles. The van der Waals surface area contributed by atoms with Crippen molar-refractivity contribution in [2.75, 3.05) is 6.61 Å². The van der Waals surface area contributed by atoms with E-state index in [0.717, 1.165) is 43.1 Å². The van der Waals surface area contributed by atoms with Crippen molar-refractivity contribution < 1.29 is 19.7 Å². The molecule has 11 atom stereocenters. The third kappa shape index (κ3) is 5.05. The molecule has 6 rings (SSSR count). The molecular weight excluding hydrogens is 508 g/mol. The summed E-state index contributed by atoms with van der Waals surface area (Å²) in [7, 11) is 0. The van der Waals surface area contributed by atoms with Crippen molar-refractivity contribution in [2.24, 2.45) is 52.3 Å². The van der Waals surface area contributed by atoms with Crippen molar-refractivity contribution in [2.45, 2.75) is 104 Å². The van der Waals surface area contributed by atoms with E-state index in [1.54, 1.807) is 0 Å². The first-order chi connectivity index (χ1) is 19.7. The molecule has 0 heterocycles. The SMILES string of the molecule is CC[C@H]1[C@@H](O)[C@@H]2[C@H](CC[C@]3(C)[C@@H]([C@H](C)CCOC(=O)Cc4ccc5ccccc5c4)CC[C@@H]23)[C@@]2(C)CC[C@@H](O)C[C@@H]12. The summed E-state index contributed by atoms with van der Waals surface area (Å²) < 4.78 is 5.77. The first kappa shape index (κ1) is 29.2. The van der Waals surface area contributed by atoms with Crippen LogP contribution in [0.15, 0.2) is 42.5 Å². The maximum atomic E-state index is 12.7. The maximum Gasteiger partial charge on any atom is 0.310 e. The third-order valence-electron chi connectivity index (χ3n) is 13.1. The number of hydrogen-bond donors (Lipinski definition) is 2. The van der Waals surface area contributed by atoms with Crippen LogP contribution in [0.2, 0.25) is 0 Å². The fraction of sp³-hybridized carbons (Fsp3) is 0.703. The van der Waals surface area contributed by atoms with E-state index in [1.807, 2.05) is 18.2 Å². The number of aliphatic hydroxyl groups is 2. The van der Waals surface area contributed by atoms with Gasteiger partial charge in [0.05, 0.1) is 25.2 Å². The molecule has 0 aromatic heterocycles. The topological polar surface area (TPSA) is 66.8 Å². The van der Waals surface area contributed by atoms with Crippen LogP contribution < -0.4 is 0 Å². The van der Waals surface area contributed by atoms with Gasteiger partial charge in [-0.2, -0.15) is 0 Å². The second-order valence-corrected chi connectivity index (χ2v) is 15.0. The molecule has 4 nitrogen and oxygen atoms in total. The van der Waals surface area contributed by atoms with Gasteiger partial charge >= 0.3 is 5.97 Å². The van der Waals surface area contributed by atoms with Crippen molar-refractivity contribution in [1.29, 1.82) is 0 Å². The lowest BCUT2D eigenvalue weighted by Crippen LogP contribution is -2.62. The van der Waals surface area contributed by atoms with E-state index in [4.69, 9.17) is 4.74 Å². The normalized spacial score (nSPS) is 40.8. The molecule has 0 radical (unpaired) electrons. The number of esters is 1. The van der Waals surface area contributed by atoms with Crippen LogP contribution in [0, 0.1) is 52.3 Å². The van der Waals surface area contributed by atoms with E-state index in [1.165, 1.54) is 31.1 Å². The summed E-state index contributed by atoms with van der Waals surface area (Å²) in [5, 5.41) is 24.8. The zero-order chi connectivity index (χ0) is 28.9. The molecule has 4 heteroatoms. The minimum absolute atomic E-state index is 0.139. The third-order valence-corrected chi connectivity index (χ3v) is 13.1. The molecule has 4 aliphatic rings. The quantitative estimate of drug-likeness (QED) is 0.343. The number of carbonyl (C=O) groups excluding carboxylic acids is 1. The van der Waals surface area contributed by atoms with Gasteiger partial charge in [-0.1, -0.05) is 76.6 Å². The molecule has 0 unspecified atom stereocenters. The summed E-state index contributed by atoms with van der Waals surface area (Å²) in [6.45, 7) is 10.1. The first-order valence-corrected chi connectivity index (χ1v) is 16.6. The van der Waals surface area contributed by atoms with Crippen molar-refractivity contribution >= 4 is 16.7 Å². The Morgan fingerprint density at radius 2 is 1.68 bits per heavy atom. The Hall–Kier alpha value is -1.91. The van der Waals surface area contributed by atoms with Crippen LogP contribution in [0.25, 0.3) is 10.8 Å². The van der Waals surface area contributed by atoms with E-state index in [-0.39, 0.29) is 29.0 Å². The lowest BCUT2D eigenvalue weighted by atomic mass is 9.41. The van der Waals surface area contributed by atoms with E-state index in [0.29, 0.717) is 54.5 Å². The number of benzene rings is 2. The van der Waals surface area contributed by atoms with Crippen LogP contribution in [-0.2, 0) is 16.0 Å². The highest BCUT2D eigenvalue weighted by Gasteiger charge is 2.64. The van der Waals surface area contributed by atoms with Crippen LogP contribution >= 0.6 is 0 Å². The Kier molecular flexibility index (Phi) is 8.04. The average Bonchev–Trinajstić information content (AvgIpc) is 3.31. The number of rotatable bonds is 7. The number of carbonyl (C=O) groups is 1. The highest BCUT2D eigenvalue weighted by molar-refractivity contribution is 5.84. The molecule has 2 aromatic rings. The molecule has 4 fully saturated rings. The number of ether oxygens (including phenoxy) is 1. The fourth-order valence-electron chi connectivity index (χ4n) is 11.1. The van der Waals surface area contributed by atoms with E-state index < -0.39 is 0 Å². The predicted molar refractivity (Wildman–Crippen MR) is 164 cm³/mol. The summed E-state index contributed by atoms with van der Waals surface area (Å²) in [5.74, 6) is 3.23. The van der Waals surface area contributed by atoms with Crippen molar-refractivity contribution in [1.82, 2.24) is 0 Å². The minimum atomic E-state index is -0.247. The number of hydrogen-bond acceptors (Lipinski definition) is 4. The van der Waals surface area contributed by atoms with Crippen LogP contribution in [-0.4, -0.2) is 35.0 Å². The Balaban J connectivity index is 1.09. The smallest absolute Gasteiger partial charge is 0.310 e. The highest BCUT2D eigenvalue weighted by Crippen LogP contribution is 2.69. The largest absolute Gasteiger partial charge is 0.465 e.